The van der Waals surface area contributed by atoms with Gasteiger partial charge in [-0.25, -0.2) is 4.98 Å². The number of benzene rings is 1. The minimum atomic E-state index is -0.189. The number of fused-ring (bicyclic) bond motifs is 1. The van der Waals surface area contributed by atoms with Crippen molar-refractivity contribution in [3.8, 4) is 0 Å². The molecule has 2 aromatic heterocycles. The van der Waals surface area contributed by atoms with Gasteiger partial charge in [-0.2, -0.15) is 0 Å². The fourth-order valence-electron chi connectivity index (χ4n) is 4.18. The Morgan fingerprint density at radius 1 is 1.06 bits per heavy atom. The van der Waals surface area contributed by atoms with Crippen LogP contribution in [-0.4, -0.2) is 59.8 Å². The predicted octanol–water partition coefficient (Wildman–Crippen LogP) is 3.69. The third-order valence-corrected chi connectivity index (χ3v) is 5.74. The summed E-state index contributed by atoms with van der Waals surface area (Å²) in [5.74, 6) is 0.891. The molecule has 3 aromatic rings. The second-order valence-electron chi connectivity index (χ2n) is 7.82. The lowest BCUT2D eigenvalue weighted by molar-refractivity contribution is -0.143. The fraction of sp³-hybridized carbons (Fsp3) is 0.417. The van der Waals surface area contributed by atoms with E-state index in [1.165, 1.54) is 10.9 Å². The third kappa shape index (κ3) is 5.57. The van der Waals surface area contributed by atoms with Crippen molar-refractivity contribution < 1.29 is 9.53 Å². The van der Waals surface area contributed by atoms with Crippen molar-refractivity contribution in [1.29, 1.82) is 0 Å². The van der Waals surface area contributed by atoms with Crippen LogP contribution in [0.1, 0.15) is 18.2 Å². The molecule has 166 valence electrons. The van der Waals surface area contributed by atoms with E-state index < -0.39 is 0 Å². The summed E-state index contributed by atoms with van der Waals surface area (Å²) >= 11 is 0. The van der Waals surface area contributed by atoms with Crippen molar-refractivity contribution in [2.75, 3.05) is 44.2 Å². The first-order valence-corrected chi connectivity index (χ1v) is 10.8. The van der Waals surface area contributed by atoms with Crippen molar-refractivity contribution in [3.05, 3.63) is 59.9 Å². The maximum absolute atomic E-state index is 12.0. The van der Waals surface area contributed by atoms with E-state index in [-0.39, 0.29) is 24.9 Å². The molecule has 1 fully saturated rings. The molecule has 7 heteroatoms. The molecule has 3 heterocycles. The van der Waals surface area contributed by atoms with Crippen LogP contribution in [0.25, 0.3) is 10.9 Å². The molecule has 1 aliphatic heterocycles. The number of para-hydroxylation sites is 1. The van der Waals surface area contributed by atoms with Crippen molar-refractivity contribution in [2.24, 2.45) is 0 Å². The van der Waals surface area contributed by atoms with Crippen LogP contribution in [0.2, 0.25) is 0 Å². The number of pyridine rings is 1. The molecule has 31 heavy (non-hydrogen) atoms. The van der Waals surface area contributed by atoms with Crippen LogP contribution >= 0.6 is 12.4 Å². The van der Waals surface area contributed by atoms with E-state index in [1.807, 2.05) is 30.5 Å². The number of aromatic nitrogens is 2. The number of esters is 1. The molecule has 0 amide bonds. The van der Waals surface area contributed by atoms with Crippen LogP contribution in [0.5, 0.6) is 0 Å². The summed E-state index contributed by atoms with van der Waals surface area (Å²) in [6, 6.07) is 14.5. The molecule has 1 aliphatic rings. The maximum Gasteiger partial charge on any atom is 0.325 e. The molecule has 1 saturated heterocycles. The Kier molecular flexibility index (Phi) is 7.93. The SMILES string of the molecule is CCOC(=O)Cn1cc(CCN2CCN(c3cccc(C)n3)CC2)c2ccccc21.Cl. The average molecular weight is 443 g/mol. The van der Waals surface area contributed by atoms with Gasteiger partial charge >= 0.3 is 5.97 Å². The highest BCUT2D eigenvalue weighted by atomic mass is 35.5. The second-order valence-corrected chi connectivity index (χ2v) is 7.82. The molecule has 6 nitrogen and oxygen atoms in total. The first kappa shape index (κ1) is 23.1. The highest BCUT2D eigenvalue weighted by Gasteiger charge is 2.19. The van der Waals surface area contributed by atoms with Crippen LogP contribution < -0.4 is 4.90 Å². The molecule has 0 saturated carbocycles. The number of hydrogen-bond donors (Lipinski definition) is 0. The van der Waals surface area contributed by atoms with E-state index >= 15 is 0 Å². The molecule has 0 N–H and O–H groups in total. The van der Waals surface area contributed by atoms with Crippen LogP contribution in [0.4, 0.5) is 5.82 Å². The number of rotatable bonds is 7. The van der Waals surface area contributed by atoms with E-state index in [9.17, 15) is 4.79 Å². The molecule has 0 unspecified atom stereocenters. The summed E-state index contributed by atoms with van der Waals surface area (Å²) in [5, 5.41) is 1.23. The topological polar surface area (TPSA) is 50.6 Å². The third-order valence-electron chi connectivity index (χ3n) is 5.74. The van der Waals surface area contributed by atoms with Gasteiger partial charge in [0.1, 0.15) is 12.4 Å². The lowest BCUT2D eigenvalue weighted by Gasteiger charge is -2.35. The normalized spacial score (nSPS) is 14.5. The minimum absolute atomic E-state index is 0. The van der Waals surface area contributed by atoms with Gasteiger partial charge in [0.05, 0.1) is 6.61 Å². The standard InChI is InChI=1S/C24H30N4O2.ClH/c1-3-30-24(29)18-28-17-20(21-8-4-5-9-22(21)28)11-12-26-13-15-27(16-14-26)23-10-6-7-19(2)25-23;/h4-10,17H,3,11-16,18H2,1-2H3;1H. The van der Waals surface area contributed by atoms with Crippen molar-refractivity contribution in [1.82, 2.24) is 14.5 Å². The van der Waals surface area contributed by atoms with Gasteiger partial charge < -0.3 is 14.2 Å². The number of aryl methyl sites for hydroxylation is 1. The van der Waals surface area contributed by atoms with Crippen LogP contribution in [0, 0.1) is 6.92 Å². The number of carbonyl (C=O) groups is 1. The van der Waals surface area contributed by atoms with Crippen molar-refractivity contribution in [3.63, 3.8) is 0 Å². The van der Waals surface area contributed by atoms with Gasteiger partial charge in [-0.05, 0) is 44.0 Å². The monoisotopic (exact) mass is 442 g/mol. The number of piperazine rings is 1. The predicted molar refractivity (Wildman–Crippen MR) is 127 cm³/mol. The smallest absolute Gasteiger partial charge is 0.325 e. The molecule has 0 atom stereocenters. The van der Waals surface area contributed by atoms with E-state index in [1.54, 1.807) is 0 Å². The molecule has 1 aromatic carbocycles. The van der Waals surface area contributed by atoms with Gasteiger partial charge in [-0.3, -0.25) is 9.69 Å². The molecule has 4 rings (SSSR count). The number of ether oxygens (including phenoxy) is 1. The zero-order chi connectivity index (χ0) is 20.9. The van der Waals surface area contributed by atoms with E-state index in [2.05, 4.69) is 51.3 Å². The molecule has 0 bridgehead atoms. The first-order chi connectivity index (χ1) is 14.6. The van der Waals surface area contributed by atoms with Crippen molar-refractivity contribution >= 4 is 35.1 Å². The van der Waals surface area contributed by atoms with Gasteiger partial charge in [0.25, 0.3) is 0 Å². The van der Waals surface area contributed by atoms with Gasteiger partial charge in [0, 0.05) is 55.5 Å². The molecule has 0 spiro atoms. The Labute approximate surface area is 190 Å². The van der Waals surface area contributed by atoms with Gasteiger partial charge in [-0.1, -0.05) is 24.3 Å². The highest BCUT2D eigenvalue weighted by Crippen LogP contribution is 2.23. The number of halogens is 1. The lowest BCUT2D eigenvalue weighted by atomic mass is 10.1. The Morgan fingerprint density at radius 2 is 1.84 bits per heavy atom. The molecular formula is C24H31ClN4O2. The number of carbonyl (C=O) groups excluding carboxylic acids is 1. The first-order valence-electron chi connectivity index (χ1n) is 10.8. The summed E-state index contributed by atoms with van der Waals surface area (Å²) in [4.78, 5) is 21.5. The second kappa shape index (κ2) is 10.6. The zero-order valence-corrected chi connectivity index (χ0v) is 19.1. The van der Waals surface area contributed by atoms with Crippen LogP contribution in [-0.2, 0) is 22.5 Å². The van der Waals surface area contributed by atoms with Gasteiger partial charge in [-0.15, -0.1) is 12.4 Å². The fourth-order valence-corrected chi connectivity index (χ4v) is 4.18. The van der Waals surface area contributed by atoms with Crippen molar-refractivity contribution in [2.45, 2.75) is 26.8 Å². The molecule has 0 radical (unpaired) electrons. The summed E-state index contributed by atoms with van der Waals surface area (Å²) in [5.41, 5.74) is 3.45. The zero-order valence-electron chi connectivity index (χ0n) is 18.3. The van der Waals surface area contributed by atoms with Crippen LogP contribution in [0.15, 0.2) is 48.7 Å². The van der Waals surface area contributed by atoms with Crippen LogP contribution in [0.3, 0.4) is 0 Å². The number of nitrogens with zero attached hydrogens (tertiary/aromatic N) is 4. The average Bonchev–Trinajstić information content (AvgIpc) is 3.10. The minimum Gasteiger partial charge on any atom is -0.465 e. The number of anilines is 1. The molecular weight excluding hydrogens is 412 g/mol. The van der Waals surface area contributed by atoms with E-state index in [4.69, 9.17) is 4.74 Å². The Balaban J connectivity index is 0.00000272. The lowest BCUT2D eigenvalue weighted by Crippen LogP contribution is -2.47. The van der Waals surface area contributed by atoms with Gasteiger partial charge in [0.15, 0.2) is 0 Å². The highest BCUT2D eigenvalue weighted by molar-refractivity contribution is 5.86. The quantitative estimate of drug-likeness (QED) is 0.522. The Bertz CT molecular complexity index is 1010. The molecule has 0 aliphatic carbocycles. The van der Waals surface area contributed by atoms with E-state index in [0.717, 1.165) is 56.2 Å². The summed E-state index contributed by atoms with van der Waals surface area (Å²) in [7, 11) is 0. The summed E-state index contributed by atoms with van der Waals surface area (Å²) in [6.07, 6.45) is 3.09. The van der Waals surface area contributed by atoms with Gasteiger partial charge in [0.2, 0.25) is 0 Å². The summed E-state index contributed by atoms with van der Waals surface area (Å²) in [6.45, 7) is 9.65. The Morgan fingerprint density at radius 3 is 2.58 bits per heavy atom. The Hall–Kier alpha value is -2.57. The summed E-state index contributed by atoms with van der Waals surface area (Å²) < 4.78 is 7.15. The maximum atomic E-state index is 12.0. The largest absolute Gasteiger partial charge is 0.465 e. The number of hydrogen-bond acceptors (Lipinski definition) is 5. The van der Waals surface area contributed by atoms with E-state index in [0.29, 0.717) is 6.61 Å².